The van der Waals surface area contributed by atoms with E-state index in [4.69, 9.17) is 4.74 Å². The molecule has 0 aromatic rings. The Balaban J connectivity index is 3.21. The summed E-state index contributed by atoms with van der Waals surface area (Å²) in [4.78, 5) is 0. The van der Waals surface area contributed by atoms with E-state index in [1.54, 1.807) is 7.11 Å². The molecule has 0 aromatic carbocycles. The van der Waals surface area contributed by atoms with E-state index >= 15 is 0 Å². The summed E-state index contributed by atoms with van der Waals surface area (Å²) in [7, 11) is 0.998. The van der Waals surface area contributed by atoms with Crippen LogP contribution in [0, 0.1) is 0 Å². The highest BCUT2D eigenvalue weighted by molar-refractivity contribution is 6.19. The van der Waals surface area contributed by atoms with Gasteiger partial charge in [-0.05, 0) is 6.42 Å². The van der Waals surface area contributed by atoms with E-state index in [-0.39, 0.29) is 0 Å². The number of methoxy groups -OCH3 is 1. The zero-order chi connectivity index (χ0) is 6.41. The molecule has 0 heterocycles. The van der Waals surface area contributed by atoms with Gasteiger partial charge in [-0.2, -0.15) is 0 Å². The molecule has 0 aliphatic heterocycles. The Labute approximate surface area is 52.1 Å². The van der Waals surface area contributed by atoms with E-state index in [2.05, 4.69) is 0 Å². The largest absolute Gasteiger partial charge is 0.392 e. The summed E-state index contributed by atoms with van der Waals surface area (Å²) in [5.74, 6) is 0. The molecule has 0 bridgehead atoms. The van der Waals surface area contributed by atoms with Crippen molar-refractivity contribution in [2.24, 2.45) is 0 Å². The SMILES string of the molecule is CCC(COC)[SiH]=O. The molecule has 0 aromatic heterocycles. The van der Waals surface area contributed by atoms with Crippen LogP contribution in [0.25, 0.3) is 0 Å². The van der Waals surface area contributed by atoms with Gasteiger partial charge in [-0.25, -0.2) is 0 Å². The standard InChI is InChI=1S/C5H12O2Si/c1-3-5(8-6)4-7-2/h5,8H,3-4H2,1-2H3. The van der Waals surface area contributed by atoms with Gasteiger partial charge < -0.3 is 9.20 Å². The van der Waals surface area contributed by atoms with Gasteiger partial charge >= 0.3 is 0 Å². The van der Waals surface area contributed by atoms with E-state index in [1.165, 1.54) is 0 Å². The second-order valence-electron chi connectivity index (χ2n) is 1.76. The molecule has 0 aliphatic carbocycles. The van der Waals surface area contributed by atoms with Gasteiger partial charge in [0.2, 0.25) is 0 Å². The molecule has 0 fully saturated rings. The van der Waals surface area contributed by atoms with Crippen LogP contribution in [0.15, 0.2) is 0 Å². The van der Waals surface area contributed by atoms with Crippen molar-refractivity contribution >= 4 is 9.41 Å². The topological polar surface area (TPSA) is 26.3 Å². The molecule has 0 amide bonds. The van der Waals surface area contributed by atoms with Crippen LogP contribution in [-0.2, 0) is 9.20 Å². The zero-order valence-corrected chi connectivity index (χ0v) is 6.54. The van der Waals surface area contributed by atoms with E-state index < -0.39 is 9.41 Å². The fourth-order valence-electron chi connectivity index (χ4n) is 0.467. The molecule has 8 heavy (non-hydrogen) atoms. The molecule has 0 N–H and O–H groups in total. The van der Waals surface area contributed by atoms with Crippen LogP contribution in [0.2, 0.25) is 5.54 Å². The van der Waals surface area contributed by atoms with Crippen molar-refractivity contribution in [2.45, 2.75) is 18.9 Å². The van der Waals surface area contributed by atoms with Crippen LogP contribution >= 0.6 is 0 Å². The van der Waals surface area contributed by atoms with Gasteiger partial charge in [-0.1, -0.05) is 6.92 Å². The molecule has 3 heteroatoms. The van der Waals surface area contributed by atoms with Crippen LogP contribution in [0.3, 0.4) is 0 Å². The first-order valence-corrected chi connectivity index (χ1v) is 3.93. The molecular weight excluding hydrogens is 120 g/mol. The normalized spacial score (nSPS) is 13.2. The lowest BCUT2D eigenvalue weighted by molar-refractivity contribution is 0.192. The second kappa shape index (κ2) is 5.12. The van der Waals surface area contributed by atoms with E-state index in [9.17, 15) is 4.46 Å². The van der Waals surface area contributed by atoms with Crippen LogP contribution in [0.4, 0.5) is 0 Å². The Kier molecular flexibility index (Phi) is 5.11. The van der Waals surface area contributed by atoms with Gasteiger partial charge in [0, 0.05) is 12.7 Å². The number of rotatable bonds is 4. The summed E-state index contributed by atoms with van der Waals surface area (Å²) in [6, 6.07) is 0. The van der Waals surface area contributed by atoms with Gasteiger partial charge in [0.1, 0.15) is 0 Å². The number of ether oxygens (including phenoxy) is 1. The van der Waals surface area contributed by atoms with Gasteiger partial charge in [0.15, 0.2) is 0 Å². The lowest BCUT2D eigenvalue weighted by Gasteiger charge is -2.01. The summed E-state index contributed by atoms with van der Waals surface area (Å²) in [6.07, 6.45) is 0.965. The minimum atomic E-state index is -0.639. The monoisotopic (exact) mass is 132 g/mol. The fourth-order valence-corrected chi connectivity index (χ4v) is 0.931. The second-order valence-corrected chi connectivity index (χ2v) is 2.97. The first kappa shape index (κ1) is 7.98. The maximum Gasteiger partial charge on any atom is 0.266 e. The Hall–Kier alpha value is -0.0231. The summed E-state index contributed by atoms with van der Waals surface area (Å²) in [5.41, 5.74) is 0.306. The highest BCUT2D eigenvalue weighted by Gasteiger charge is 2.01. The van der Waals surface area contributed by atoms with Crippen molar-refractivity contribution in [3.63, 3.8) is 0 Å². The van der Waals surface area contributed by atoms with E-state index in [0.29, 0.717) is 12.1 Å². The van der Waals surface area contributed by atoms with Crippen molar-refractivity contribution in [2.75, 3.05) is 13.7 Å². The zero-order valence-electron chi connectivity index (χ0n) is 5.39. The molecular formula is C5H12O2Si. The average Bonchev–Trinajstić information content (AvgIpc) is 1.83. The Morgan fingerprint density at radius 2 is 2.38 bits per heavy atom. The maximum absolute atomic E-state index is 10.3. The molecule has 0 saturated heterocycles. The minimum absolute atomic E-state index is 0.306. The van der Waals surface area contributed by atoms with E-state index in [0.717, 1.165) is 6.42 Å². The molecule has 0 rings (SSSR count). The highest BCUT2D eigenvalue weighted by atomic mass is 28.2. The van der Waals surface area contributed by atoms with Crippen LogP contribution in [-0.4, -0.2) is 23.1 Å². The first-order valence-electron chi connectivity index (χ1n) is 2.79. The molecule has 2 nitrogen and oxygen atoms in total. The van der Waals surface area contributed by atoms with Crippen LogP contribution < -0.4 is 0 Å². The van der Waals surface area contributed by atoms with Crippen LogP contribution in [0.5, 0.6) is 0 Å². The number of hydrogen-bond donors (Lipinski definition) is 0. The quantitative estimate of drug-likeness (QED) is 0.524. The Morgan fingerprint density at radius 1 is 1.75 bits per heavy atom. The number of hydrogen-bond acceptors (Lipinski definition) is 2. The molecule has 0 saturated carbocycles. The third-order valence-electron chi connectivity index (χ3n) is 1.10. The molecule has 0 aliphatic rings. The summed E-state index contributed by atoms with van der Waals surface area (Å²) in [5, 5.41) is 0. The summed E-state index contributed by atoms with van der Waals surface area (Å²) < 4.78 is 15.1. The Bertz CT molecular complexity index is 65.4. The van der Waals surface area contributed by atoms with Gasteiger partial charge in [0.05, 0.1) is 6.61 Å². The molecule has 1 atom stereocenters. The highest BCUT2D eigenvalue weighted by Crippen LogP contribution is 2.03. The third kappa shape index (κ3) is 3.04. The van der Waals surface area contributed by atoms with Crippen molar-refractivity contribution in [1.29, 1.82) is 0 Å². The lowest BCUT2D eigenvalue weighted by atomic mass is 10.3. The smallest absolute Gasteiger partial charge is 0.266 e. The van der Waals surface area contributed by atoms with Crippen molar-refractivity contribution in [3.05, 3.63) is 0 Å². The van der Waals surface area contributed by atoms with Gasteiger partial charge in [-0.3, -0.25) is 0 Å². The first-order chi connectivity index (χ1) is 3.85. The predicted molar refractivity (Wildman–Crippen MR) is 33.8 cm³/mol. The molecule has 0 radical (unpaired) electrons. The summed E-state index contributed by atoms with van der Waals surface area (Å²) in [6.45, 7) is 2.67. The minimum Gasteiger partial charge on any atom is -0.392 e. The summed E-state index contributed by atoms with van der Waals surface area (Å²) >= 11 is 0. The average molecular weight is 132 g/mol. The molecule has 48 valence electrons. The molecule has 1 unspecified atom stereocenters. The van der Waals surface area contributed by atoms with Gasteiger partial charge in [-0.15, -0.1) is 0 Å². The van der Waals surface area contributed by atoms with Crippen molar-refractivity contribution in [1.82, 2.24) is 0 Å². The lowest BCUT2D eigenvalue weighted by Crippen LogP contribution is -2.01. The fraction of sp³-hybridized carbons (Fsp3) is 1.00. The van der Waals surface area contributed by atoms with E-state index in [1.807, 2.05) is 6.92 Å². The van der Waals surface area contributed by atoms with Crippen molar-refractivity contribution in [3.8, 4) is 0 Å². The van der Waals surface area contributed by atoms with Gasteiger partial charge in [0.25, 0.3) is 9.41 Å². The molecule has 0 spiro atoms. The van der Waals surface area contributed by atoms with Crippen molar-refractivity contribution < 1.29 is 9.20 Å². The Morgan fingerprint density at radius 3 is 2.50 bits per heavy atom. The third-order valence-corrected chi connectivity index (χ3v) is 2.15. The maximum atomic E-state index is 10.3. The van der Waals surface area contributed by atoms with Crippen LogP contribution in [0.1, 0.15) is 13.3 Å². The predicted octanol–water partition coefficient (Wildman–Crippen LogP) is 0.613.